The fourth-order valence-corrected chi connectivity index (χ4v) is 6.70. The minimum absolute atomic E-state index is 0.294. The number of aryl methyl sites for hydroxylation is 4. The molecular formula is C26H33N3O2S2. The van der Waals surface area contributed by atoms with Gasteiger partial charge in [-0.25, -0.2) is 13.4 Å². The standard InChI is InChI=1S/C26H33N3O2S2/c1-17-11-13-23(14-19(17)3)29-33(30,31)24-15-22(12-10-18(24)2)25-20(4)28-26(32-25)27-16-21-8-6-5-7-9-21/h10-15,21,29H,5-9,16H2,1-4H3,(H,27,28). The van der Waals surface area contributed by atoms with Crippen LogP contribution in [0, 0.1) is 33.6 Å². The molecular weight excluding hydrogens is 450 g/mol. The number of hydrogen-bond donors (Lipinski definition) is 2. The summed E-state index contributed by atoms with van der Waals surface area (Å²) in [6.07, 6.45) is 6.58. The van der Waals surface area contributed by atoms with Crippen molar-refractivity contribution in [2.75, 3.05) is 16.6 Å². The molecule has 4 rings (SSSR count). The molecule has 1 aliphatic rings. The van der Waals surface area contributed by atoms with Crippen LogP contribution >= 0.6 is 11.3 Å². The zero-order valence-corrected chi connectivity index (χ0v) is 21.5. The van der Waals surface area contributed by atoms with Crippen molar-refractivity contribution in [1.82, 2.24) is 4.98 Å². The highest BCUT2D eigenvalue weighted by Crippen LogP contribution is 2.35. The van der Waals surface area contributed by atoms with E-state index in [9.17, 15) is 8.42 Å². The summed E-state index contributed by atoms with van der Waals surface area (Å²) in [6, 6.07) is 11.2. The van der Waals surface area contributed by atoms with Crippen LogP contribution in [0.4, 0.5) is 10.8 Å². The highest BCUT2D eigenvalue weighted by atomic mass is 32.2. The van der Waals surface area contributed by atoms with Gasteiger partial charge in [-0.3, -0.25) is 4.72 Å². The summed E-state index contributed by atoms with van der Waals surface area (Å²) in [4.78, 5) is 6.01. The van der Waals surface area contributed by atoms with Crippen LogP contribution in [-0.2, 0) is 10.0 Å². The van der Waals surface area contributed by atoms with E-state index >= 15 is 0 Å². The molecule has 1 heterocycles. The third kappa shape index (κ3) is 5.58. The first-order chi connectivity index (χ1) is 15.7. The SMILES string of the molecule is Cc1ccc(NS(=O)(=O)c2cc(-c3sc(NCC4CCCCC4)nc3C)ccc2C)cc1C. The molecule has 0 amide bonds. The second-order valence-corrected chi connectivity index (χ2v) is 11.9. The van der Waals surface area contributed by atoms with Gasteiger partial charge in [0, 0.05) is 12.2 Å². The molecule has 33 heavy (non-hydrogen) atoms. The third-order valence-corrected chi connectivity index (χ3v) is 9.25. The number of hydrogen-bond acceptors (Lipinski definition) is 5. The van der Waals surface area contributed by atoms with Crippen molar-refractivity contribution in [3.05, 3.63) is 58.8 Å². The number of nitrogens with zero attached hydrogens (tertiary/aromatic N) is 1. The van der Waals surface area contributed by atoms with Gasteiger partial charge in [0.05, 0.1) is 15.5 Å². The molecule has 1 aliphatic carbocycles. The Balaban J connectivity index is 1.56. The molecule has 1 aromatic heterocycles. The van der Waals surface area contributed by atoms with Gasteiger partial charge in [-0.05, 0) is 86.9 Å². The van der Waals surface area contributed by atoms with E-state index in [-0.39, 0.29) is 0 Å². The molecule has 0 bridgehead atoms. The Morgan fingerprint density at radius 3 is 2.39 bits per heavy atom. The van der Waals surface area contributed by atoms with Gasteiger partial charge in [-0.2, -0.15) is 0 Å². The topological polar surface area (TPSA) is 71.1 Å². The van der Waals surface area contributed by atoms with Gasteiger partial charge < -0.3 is 5.32 Å². The molecule has 0 unspecified atom stereocenters. The van der Waals surface area contributed by atoms with Crippen molar-refractivity contribution in [1.29, 1.82) is 0 Å². The fraction of sp³-hybridized carbons (Fsp3) is 0.423. The van der Waals surface area contributed by atoms with Gasteiger partial charge >= 0.3 is 0 Å². The maximum atomic E-state index is 13.2. The summed E-state index contributed by atoms with van der Waals surface area (Å²) in [5.41, 5.74) is 5.26. The second-order valence-electron chi connectivity index (χ2n) is 9.20. The highest BCUT2D eigenvalue weighted by Gasteiger charge is 2.20. The molecule has 0 spiro atoms. The van der Waals surface area contributed by atoms with E-state index in [1.807, 2.05) is 52.0 Å². The van der Waals surface area contributed by atoms with Crippen molar-refractivity contribution >= 4 is 32.2 Å². The van der Waals surface area contributed by atoms with Gasteiger partial charge in [-0.15, -0.1) is 0 Å². The Hall–Kier alpha value is -2.38. The molecule has 0 radical (unpaired) electrons. The van der Waals surface area contributed by atoms with Crippen molar-refractivity contribution in [3.63, 3.8) is 0 Å². The molecule has 2 N–H and O–H groups in total. The molecule has 0 saturated heterocycles. The normalized spacial score (nSPS) is 14.9. The van der Waals surface area contributed by atoms with Gasteiger partial charge in [0.2, 0.25) is 0 Å². The predicted molar refractivity (Wildman–Crippen MR) is 139 cm³/mol. The first-order valence-corrected chi connectivity index (χ1v) is 14.0. The van der Waals surface area contributed by atoms with E-state index in [1.54, 1.807) is 23.5 Å². The predicted octanol–water partition coefficient (Wildman–Crippen LogP) is 6.84. The summed E-state index contributed by atoms with van der Waals surface area (Å²) < 4.78 is 29.2. The summed E-state index contributed by atoms with van der Waals surface area (Å²) in [5.74, 6) is 0.721. The molecule has 2 aromatic carbocycles. The van der Waals surface area contributed by atoms with Gasteiger partial charge in [0.1, 0.15) is 0 Å². The van der Waals surface area contributed by atoms with Crippen molar-refractivity contribution in [3.8, 4) is 10.4 Å². The quantitative estimate of drug-likeness (QED) is 0.386. The molecule has 3 aromatic rings. The molecule has 1 fully saturated rings. The lowest BCUT2D eigenvalue weighted by atomic mass is 9.89. The number of nitrogens with one attached hydrogen (secondary N) is 2. The van der Waals surface area contributed by atoms with E-state index in [1.165, 1.54) is 32.1 Å². The lowest BCUT2D eigenvalue weighted by Crippen LogP contribution is -2.16. The first kappa shape index (κ1) is 23.8. The van der Waals surface area contributed by atoms with E-state index in [0.717, 1.165) is 44.9 Å². The van der Waals surface area contributed by atoms with Crippen LogP contribution in [0.3, 0.4) is 0 Å². The Morgan fingerprint density at radius 2 is 1.67 bits per heavy atom. The summed E-state index contributed by atoms with van der Waals surface area (Å²) >= 11 is 1.60. The molecule has 1 saturated carbocycles. The molecule has 0 atom stereocenters. The number of sulfonamides is 1. The zero-order chi connectivity index (χ0) is 23.6. The van der Waals surface area contributed by atoms with E-state index in [4.69, 9.17) is 4.98 Å². The number of aromatic nitrogens is 1. The van der Waals surface area contributed by atoms with E-state index in [2.05, 4.69) is 10.0 Å². The average Bonchev–Trinajstić information content (AvgIpc) is 3.16. The minimum atomic E-state index is -3.72. The largest absolute Gasteiger partial charge is 0.361 e. The van der Waals surface area contributed by atoms with Crippen LogP contribution in [0.2, 0.25) is 0 Å². The molecule has 7 heteroatoms. The summed E-state index contributed by atoms with van der Waals surface area (Å²) in [7, 11) is -3.72. The van der Waals surface area contributed by atoms with Crippen LogP contribution in [0.25, 0.3) is 10.4 Å². The molecule has 5 nitrogen and oxygen atoms in total. The van der Waals surface area contributed by atoms with Crippen LogP contribution in [0.5, 0.6) is 0 Å². The smallest absolute Gasteiger partial charge is 0.262 e. The average molecular weight is 484 g/mol. The minimum Gasteiger partial charge on any atom is -0.361 e. The van der Waals surface area contributed by atoms with Crippen molar-refractivity contribution < 1.29 is 8.42 Å². The van der Waals surface area contributed by atoms with Crippen LogP contribution < -0.4 is 10.0 Å². The van der Waals surface area contributed by atoms with Crippen LogP contribution in [0.1, 0.15) is 54.5 Å². The summed E-state index contributed by atoms with van der Waals surface area (Å²) in [6.45, 7) is 8.76. The molecule has 0 aliphatic heterocycles. The van der Waals surface area contributed by atoms with E-state index < -0.39 is 10.0 Å². The Morgan fingerprint density at radius 1 is 0.939 bits per heavy atom. The van der Waals surface area contributed by atoms with Gasteiger partial charge in [0.25, 0.3) is 10.0 Å². The lowest BCUT2D eigenvalue weighted by Gasteiger charge is -2.21. The third-order valence-electron chi connectivity index (χ3n) is 6.56. The first-order valence-electron chi connectivity index (χ1n) is 11.7. The van der Waals surface area contributed by atoms with E-state index in [0.29, 0.717) is 16.1 Å². The van der Waals surface area contributed by atoms with Gasteiger partial charge in [0.15, 0.2) is 5.13 Å². The van der Waals surface area contributed by atoms with Crippen molar-refractivity contribution in [2.24, 2.45) is 5.92 Å². The Labute approximate surface area is 201 Å². The maximum Gasteiger partial charge on any atom is 0.262 e. The van der Waals surface area contributed by atoms with Crippen LogP contribution in [0.15, 0.2) is 41.3 Å². The number of anilines is 2. The lowest BCUT2D eigenvalue weighted by molar-refractivity contribution is 0.373. The fourth-order valence-electron chi connectivity index (χ4n) is 4.41. The molecule has 176 valence electrons. The maximum absolute atomic E-state index is 13.2. The second kappa shape index (κ2) is 9.85. The monoisotopic (exact) mass is 483 g/mol. The summed E-state index contributed by atoms with van der Waals surface area (Å²) in [5, 5.41) is 4.43. The van der Waals surface area contributed by atoms with Gasteiger partial charge in [-0.1, -0.05) is 48.8 Å². The number of rotatable bonds is 7. The van der Waals surface area contributed by atoms with Crippen molar-refractivity contribution in [2.45, 2.75) is 64.7 Å². The highest BCUT2D eigenvalue weighted by molar-refractivity contribution is 7.92. The number of thiazole rings is 1. The Bertz CT molecular complexity index is 1240. The Kier molecular flexibility index (Phi) is 7.10. The van der Waals surface area contributed by atoms with Crippen LogP contribution in [-0.4, -0.2) is 19.9 Å². The zero-order valence-electron chi connectivity index (χ0n) is 19.9. The number of benzene rings is 2.